The SMILES string of the molecule is NCC(CC1CCOCC1)c1ccccc1F. The predicted octanol–water partition coefficient (Wildman–Crippen LogP) is 2.68. The van der Waals surface area contributed by atoms with Gasteiger partial charge in [-0.2, -0.15) is 0 Å². The van der Waals surface area contributed by atoms with Gasteiger partial charge in [0.25, 0.3) is 0 Å². The molecule has 0 bridgehead atoms. The van der Waals surface area contributed by atoms with E-state index in [-0.39, 0.29) is 11.7 Å². The summed E-state index contributed by atoms with van der Waals surface area (Å²) in [4.78, 5) is 0. The van der Waals surface area contributed by atoms with E-state index >= 15 is 0 Å². The number of ether oxygens (including phenoxy) is 1. The van der Waals surface area contributed by atoms with Crippen LogP contribution < -0.4 is 5.73 Å². The molecule has 1 saturated heterocycles. The summed E-state index contributed by atoms with van der Waals surface area (Å²) in [5.74, 6) is 0.631. The molecular weight excluding hydrogens is 217 g/mol. The number of halogens is 1. The summed E-state index contributed by atoms with van der Waals surface area (Å²) in [6.07, 6.45) is 3.12. The summed E-state index contributed by atoms with van der Waals surface area (Å²) in [6.45, 7) is 2.18. The van der Waals surface area contributed by atoms with Crippen molar-refractivity contribution in [3.8, 4) is 0 Å². The highest BCUT2D eigenvalue weighted by Gasteiger charge is 2.21. The van der Waals surface area contributed by atoms with Gasteiger partial charge in [0.1, 0.15) is 5.82 Å². The molecule has 0 radical (unpaired) electrons. The Kier molecular flexibility index (Phi) is 4.51. The highest BCUT2D eigenvalue weighted by atomic mass is 19.1. The Morgan fingerprint density at radius 2 is 2.00 bits per heavy atom. The van der Waals surface area contributed by atoms with E-state index in [4.69, 9.17) is 10.5 Å². The van der Waals surface area contributed by atoms with E-state index in [1.54, 1.807) is 6.07 Å². The van der Waals surface area contributed by atoms with Crippen LogP contribution in [0.5, 0.6) is 0 Å². The molecule has 0 spiro atoms. The van der Waals surface area contributed by atoms with E-state index in [0.29, 0.717) is 12.5 Å². The van der Waals surface area contributed by atoms with Crippen LogP contribution in [0.25, 0.3) is 0 Å². The molecule has 1 aliphatic heterocycles. The second-order valence-electron chi connectivity index (χ2n) is 4.75. The van der Waals surface area contributed by atoms with E-state index in [0.717, 1.165) is 38.0 Å². The van der Waals surface area contributed by atoms with Crippen LogP contribution in [0.15, 0.2) is 24.3 Å². The zero-order chi connectivity index (χ0) is 12.1. The van der Waals surface area contributed by atoms with Crippen LogP contribution in [-0.2, 0) is 4.74 Å². The average molecular weight is 237 g/mol. The van der Waals surface area contributed by atoms with Crippen molar-refractivity contribution < 1.29 is 9.13 Å². The van der Waals surface area contributed by atoms with E-state index in [1.807, 2.05) is 12.1 Å². The van der Waals surface area contributed by atoms with Gasteiger partial charge in [0.2, 0.25) is 0 Å². The fourth-order valence-electron chi connectivity index (χ4n) is 2.54. The van der Waals surface area contributed by atoms with Crippen molar-refractivity contribution in [1.82, 2.24) is 0 Å². The zero-order valence-corrected chi connectivity index (χ0v) is 10.1. The maximum absolute atomic E-state index is 13.7. The van der Waals surface area contributed by atoms with Crippen LogP contribution in [-0.4, -0.2) is 19.8 Å². The molecule has 17 heavy (non-hydrogen) atoms. The Balaban J connectivity index is 2.03. The van der Waals surface area contributed by atoms with Crippen LogP contribution in [0.2, 0.25) is 0 Å². The first-order valence-electron chi connectivity index (χ1n) is 6.33. The summed E-state index contributed by atoms with van der Waals surface area (Å²) in [5, 5.41) is 0. The topological polar surface area (TPSA) is 35.2 Å². The molecule has 1 heterocycles. The molecule has 2 N–H and O–H groups in total. The lowest BCUT2D eigenvalue weighted by Crippen LogP contribution is -2.22. The average Bonchev–Trinajstić information content (AvgIpc) is 2.38. The lowest BCUT2D eigenvalue weighted by molar-refractivity contribution is 0.0618. The maximum Gasteiger partial charge on any atom is 0.126 e. The first kappa shape index (κ1) is 12.5. The first-order valence-corrected chi connectivity index (χ1v) is 6.33. The molecular formula is C14H20FNO. The summed E-state index contributed by atoms with van der Waals surface area (Å²) in [6, 6.07) is 6.97. The van der Waals surface area contributed by atoms with Crippen molar-refractivity contribution in [1.29, 1.82) is 0 Å². The fraction of sp³-hybridized carbons (Fsp3) is 0.571. The van der Waals surface area contributed by atoms with Gasteiger partial charge in [-0.15, -0.1) is 0 Å². The van der Waals surface area contributed by atoms with Crippen LogP contribution in [0.4, 0.5) is 4.39 Å². The van der Waals surface area contributed by atoms with E-state index in [2.05, 4.69) is 0 Å². The van der Waals surface area contributed by atoms with Gasteiger partial charge < -0.3 is 10.5 Å². The third-order valence-electron chi connectivity index (χ3n) is 3.59. The molecule has 1 aromatic rings. The molecule has 0 saturated carbocycles. The van der Waals surface area contributed by atoms with Gasteiger partial charge in [0, 0.05) is 13.2 Å². The highest BCUT2D eigenvalue weighted by molar-refractivity contribution is 5.22. The molecule has 0 amide bonds. The fourth-order valence-corrected chi connectivity index (χ4v) is 2.54. The zero-order valence-electron chi connectivity index (χ0n) is 10.1. The first-order chi connectivity index (χ1) is 8.31. The smallest absolute Gasteiger partial charge is 0.126 e. The van der Waals surface area contributed by atoms with Gasteiger partial charge in [-0.05, 0) is 49.3 Å². The van der Waals surface area contributed by atoms with Crippen LogP contribution >= 0.6 is 0 Å². The minimum absolute atomic E-state index is 0.130. The minimum Gasteiger partial charge on any atom is -0.381 e. The van der Waals surface area contributed by atoms with Gasteiger partial charge in [-0.25, -0.2) is 4.39 Å². The van der Waals surface area contributed by atoms with Crippen LogP contribution in [0, 0.1) is 11.7 Å². The Morgan fingerprint density at radius 3 is 2.65 bits per heavy atom. The number of nitrogens with two attached hydrogens (primary N) is 1. The largest absolute Gasteiger partial charge is 0.381 e. The van der Waals surface area contributed by atoms with Crippen molar-refractivity contribution in [2.45, 2.75) is 25.2 Å². The van der Waals surface area contributed by atoms with Crippen molar-refractivity contribution in [3.05, 3.63) is 35.6 Å². The van der Waals surface area contributed by atoms with E-state index < -0.39 is 0 Å². The molecule has 94 valence electrons. The maximum atomic E-state index is 13.7. The molecule has 2 nitrogen and oxygen atoms in total. The molecule has 1 atom stereocenters. The van der Waals surface area contributed by atoms with Gasteiger partial charge in [-0.1, -0.05) is 18.2 Å². The number of rotatable bonds is 4. The highest BCUT2D eigenvalue weighted by Crippen LogP contribution is 2.29. The second-order valence-corrected chi connectivity index (χ2v) is 4.75. The van der Waals surface area contributed by atoms with Crippen LogP contribution in [0.3, 0.4) is 0 Å². The van der Waals surface area contributed by atoms with Crippen molar-refractivity contribution in [3.63, 3.8) is 0 Å². The second kappa shape index (κ2) is 6.12. The normalized spacial score (nSPS) is 19.2. The third kappa shape index (κ3) is 3.27. The Labute approximate surface area is 102 Å². The molecule has 3 heteroatoms. The number of hydrogen-bond acceptors (Lipinski definition) is 2. The summed E-state index contributed by atoms with van der Waals surface area (Å²) < 4.78 is 19.0. The molecule has 0 aliphatic carbocycles. The predicted molar refractivity (Wildman–Crippen MR) is 66.4 cm³/mol. The Morgan fingerprint density at radius 1 is 1.29 bits per heavy atom. The third-order valence-corrected chi connectivity index (χ3v) is 3.59. The lowest BCUT2D eigenvalue weighted by atomic mass is 9.85. The number of benzene rings is 1. The Bertz CT molecular complexity index is 350. The van der Waals surface area contributed by atoms with Gasteiger partial charge >= 0.3 is 0 Å². The van der Waals surface area contributed by atoms with Gasteiger partial charge in [-0.3, -0.25) is 0 Å². The minimum atomic E-state index is -0.130. The molecule has 0 aromatic heterocycles. The molecule has 1 fully saturated rings. The molecule has 1 aliphatic rings. The number of hydrogen-bond donors (Lipinski definition) is 1. The Hall–Kier alpha value is -0.930. The van der Waals surface area contributed by atoms with E-state index in [1.165, 1.54) is 6.07 Å². The van der Waals surface area contributed by atoms with Crippen molar-refractivity contribution in [2.24, 2.45) is 11.7 Å². The monoisotopic (exact) mass is 237 g/mol. The van der Waals surface area contributed by atoms with Gasteiger partial charge in [0.15, 0.2) is 0 Å². The quantitative estimate of drug-likeness (QED) is 0.873. The summed E-state index contributed by atoms with van der Waals surface area (Å²) in [5.41, 5.74) is 6.56. The molecule has 2 rings (SSSR count). The standard InChI is InChI=1S/C14H20FNO/c15-14-4-2-1-3-13(14)12(10-16)9-11-5-7-17-8-6-11/h1-4,11-12H,5-10,16H2. The van der Waals surface area contributed by atoms with Gasteiger partial charge in [0.05, 0.1) is 0 Å². The molecule has 1 aromatic carbocycles. The lowest BCUT2D eigenvalue weighted by Gasteiger charge is -2.26. The molecule has 1 unspecified atom stereocenters. The van der Waals surface area contributed by atoms with Crippen molar-refractivity contribution in [2.75, 3.05) is 19.8 Å². The van der Waals surface area contributed by atoms with Crippen molar-refractivity contribution >= 4 is 0 Å². The van der Waals surface area contributed by atoms with Crippen LogP contribution in [0.1, 0.15) is 30.7 Å². The summed E-state index contributed by atoms with van der Waals surface area (Å²) in [7, 11) is 0. The van der Waals surface area contributed by atoms with E-state index in [9.17, 15) is 4.39 Å². The summed E-state index contributed by atoms with van der Waals surface area (Å²) >= 11 is 0.